The fraction of sp³-hybridized carbons (Fsp3) is 0.417. The molecule has 168 valence electrons. The van der Waals surface area contributed by atoms with Crippen molar-refractivity contribution in [2.24, 2.45) is 10.8 Å². The van der Waals surface area contributed by atoms with Gasteiger partial charge in [-0.2, -0.15) is 13.2 Å². The van der Waals surface area contributed by atoms with Crippen LogP contribution in [0.25, 0.3) is 11.1 Å². The van der Waals surface area contributed by atoms with Crippen LogP contribution in [0.3, 0.4) is 0 Å². The van der Waals surface area contributed by atoms with Crippen molar-refractivity contribution < 1.29 is 32.6 Å². The van der Waals surface area contributed by atoms with Crippen LogP contribution in [0.5, 0.6) is 0 Å². The van der Waals surface area contributed by atoms with Crippen molar-refractivity contribution in [2.75, 3.05) is 6.61 Å². The Labute approximate surface area is 182 Å². The van der Waals surface area contributed by atoms with Crippen LogP contribution in [0, 0.1) is 10.8 Å². The summed E-state index contributed by atoms with van der Waals surface area (Å²) >= 11 is 0. The average molecular weight is 445 g/mol. The van der Waals surface area contributed by atoms with Crippen molar-refractivity contribution in [3.63, 3.8) is 0 Å². The zero-order valence-corrected chi connectivity index (χ0v) is 17.1. The first kappa shape index (κ1) is 20.8. The molecule has 0 aliphatic heterocycles. The molecule has 3 fully saturated rings. The minimum absolute atomic E-state index is 0.0235. The minimum atomic E-state index is -4.26. The molecule has 1 atom stereocenters. The Bertz CT molecular complexity index is 1030. The fourth-order valence-electron chi connectivity index (χ4n) is 5.93. The van der Waals surface area contributed by atoms with E-state index in [0.29, 0.717) is 0 Å². The topological polar surface area (TPSA) is 75.6 Å². The molecule has 2 N–H and O–H groups in total. The van der Waals surface area contributed by atoms with Gasteiger partial charge in [-0.3, -0.25) is 0 Å². The Morgan fingerprint density at radius 2 is 1.56 bits per heavy atom. The number of amides is 1. The summed E-state index contributed by atoms with van der Waals surface area (Å²) in [5.74, 6) is -1.44. The summed E-state index contributed by atoms with van der Waals surface area (Å²) in [7, 11) is 0. The molecule has 32 heavy (non-hydrogen) atoms. The average Bonchev–Trinajstić information content (AvgIpc) is 2.99. The highest BCUT2D eigenvalue weighted by atomic mass is 19.4. The Kier molecular flexibility index (Phi) is 4.55. The zero-order chi connectivity index (χ0) is 22.7. The lowest BCUT2D eigenvalue weighted by Crippen LogP contribution is -2.69. The van der Waals surface area contributed by atoms with Gasteiger partial charge in [0.1, 0.15) is 12.6 Å². The van der Waals surface area contributed by atoms with E-state index >= 15 is 0 Å². The van der Waals surface area contributed by atoms with Crippen LogP contribution in [-0.4, -0.2) is 36.0 Å². The maximum atomic E-state index is 13.1. The molecular formula is C24H22F3NO4. The Morgan fingerprint density at radius 3 is 2.06 bits per heavy atom. The maximum Gasteiger partial charge on any atom is 0.407 e. The second kappa shape index (κ2) is 6.98. The van der Waals surface area contributed by atoms with Gasteiger partial charge in [-0.25, -0.2) is 9.59 Å². The van der Waals surface area contributed by atoms with Crippen LogP contribution in [0.4, 0.5) is 18.0 Å². The van der Waals surface area contributed by atoms with Gasteiger partial charge in [0.25, 0.3) is 0 Å². The number of benzene rings is 2. The quantitative estimate of drug-likeness (QED) is 0.649. The van der Waals surface area contributed by atoms with Crippen LogP contribution in [0.2, 0.25) is 0 Å². The van der Waals surface area contributed by atoms with Crippen molar-refractivity contribution in [1.29, 1.82) is 0 Å². The Balaban J connectivity index is 1.21. The monoisotopic (exact) mass is 445 g/mol. The van der Waals surface area contributed by atoms with Crippen LogP contribution < -0.4 is 5.32 Å². The number of alkyl carbamates (subject to hydrolysis) is 1. The van der Waals surface area contributed by atoms with E-state index in [0.717, 1.165) is 22.3 Å². The highest BCUT2D eigenvalue weighted by molar-refractivity contribution is 5.81. The van der Waals surface area contributed by atoms with Gasteiger partial charge in [0.15, 0.2) is 0 Å². The number of fused-ring (bicyclic) bond motifs is 3. The third kappa shape index (κ3) is 3.15. The minimum Gasteiger partial charge on any atom is -0.480 e. The summed E-state index contributed by atoms with van der Waals surface area (Å²) < 4.78 is 44.5. The largest absolute Gasteiger partial charge is 0.480 e. The highest BCUT2D eigenvalue weighted by Gasteiger charge is 2.78. The predicted octanol–water partition coefficient (Wildman–Crippen LogP) is 5.10. The van der Waals surface area contributed by atoms with E-state index in [1.54, 1.807) is 0 Å². The highest BCUT2D eigenvalue weighted by Crippen LogP contribution is 2.79. The van der Waals surface area contributed by atoms with Gasteiger partial charge in [-0.05, 0) is 53.4 Å². The molecule has 0 spiro atoms. The number of carboxylic acid groups (broad SMARTS) is 1. The lowest BCUT2D eigenvalue weighted by Gasteiger charge is -2.71. The zero-order valence-electron chi connectivity index (χ0n) is 17.1. The van der Waals surface area contributed by atoms with Gasteiger partial charge in [0.2, 0.25) is 0 Å². The number of nitrogens with one attached hydrogen (secondary N) is 1. The SMILES string of the molecule is O=C(N[C@H](CC12CC(C(F)(F)F)(C1)C2)C(=O)O)OCC1c2ccccc2-c2ccccc21. The molecular weight excluding hydrogens is 423 g/mol. The molecule has 0 radical (unpaired) electrons. The van der Waals surface area contributed by atoms with E-state index in [1.807, 2.05) is 48.5 Å². The number of rotatable bonds is 6. The van der Waals surface area contributed by atoms with Gasteiger partial charge in [-0.15, -0.1) is 0 Å². The molecule has 0 heterocycles. The van der Waals surface area contributed by atoms with E-state index in [4.69, 9.17) is 4.74 Å². The standard InChI is InChI=1S/C24H22F3NO4/c25-24(26,27)23-11-22(12-23,13-23)9-19(20(29)30)28-21(31)32-10-18-16-7-3-1-5-14(16)15-6-2-4-8-17(15)18/h1-8,18-19H,9-13H2,(H,28,31)(H,29,30)/t19-,22?,23?/m1/s1. The van der Waals surface area contributed by atoms with Crippen molar-refractivity contribution in [2.45, 2.75) is 43.8 Å². The first-order valence-corrected chi connectivity index (χ1v) is 10.5. The number of carbonyl (C=O) groups is 2. The molecule has 0 saturated heterocycles. The lowest BCUT2D eigenvalue weighted by atomic mass is 9.33. The number of carbonyl (C=O) groups excluding carboxylic acids is 1. The Morgan fingerprint density at radius 1 is 1.03 bits per heavy atom. The van der Waals surface area contributed by atoms with E-state index in [2.05, 4.69) is 5.32 Å². The molecule has 5 nitrogen and oxygen atoms in total. The van der Waals surface area contributed by atoms with Gasteiger partial charge >= 0.3 is 18.2 Å². The molecule has 4 aliphatic carbocycles. The molecule has 2 aromatic carbocycles. The molecule has 8 heteroatoms. The number of ether oxygens (including phenoxy) is 1. The van der Waals surface area contributed by atoms with Crippen LogP contribution >= 0.6 is 0 Å². The number of hydrogen-bond donors (Lipinski definition) is 2. The van der Waals surface area contributed by atoms with E-state index in [-0.39, 0.29) is 38.2 Å². The second-order valence-corrected chi connectivity index (χ2v) is 9.37. The number of hydrogen-bond acceptors (Lipinski definition) is 3. The van der Waals surface area contributed by atoms with Crippen molar-refractivity contribution in [3.05, 3.63) is 59.7 Å². The van der Waals surface area contributed by atoms with Gasteiger partial charge in [0.05, 0.1) is 5.41 Å². The van der Waals surface area contributed by atoms with E-state index in [9.17, 15) is 27.9 Å². The van der Waals surface area contributed by atoms with Gasteiger partial charge in [0, 0.05) is 5.92 Å². The molecule has 2 bridgehead atoms. The number of halogens is 3. The molecule has 4 aliphatic rings. The third-order valence-electron chi connectivity index (χ3n) is 7.31. The lowest BCUT2D eigenvalue weighted by molar-refractivity contribution is -0.365. The van der Waals surface area contributed by atoms with Crippen molar-refractivity contribution in [3.8, 4) is 11.1 Å². The first-order chi connectivity index (χ1) is 15.1. The van der Waals surface area contributed by atoms with Gasteiger partial charge < -0.3 is 15.2 Å². The summed E-state index contributed by atoms with van der Waals surface area (Å²) in [6.45, 7) is 0.0362. The summed E-state index contributed by atoms with van der Waals surface area (Å²) in [6, 6.07) is 14.4. The van der Waals surface area contributed by atoms with Crippen LogP contribution in [0.15, 0.2) is 48.5 Å². The smallest absolute Gasteiger partial charge is 0.407 e. The maximum absolute atomic E-state index is 13.1. The summed E-state index contributed by atoms with van der Waals surface area (Å²) in [4.78, 5) is 24.0. The number of alkyl halides is 3. The second-order valence-electron chi connectivity index (χ2n) is 9.37. The summed E-state index contributed by atoms with van der Waals surface area (Å²) in [5.41, 5.74) is 1.89. The Hall–Kier alpha value is -3.03. The van der Waals surface area contributed by atoms with Gasteiger partial charge in [-0.1, -0.05) is 48.5 Å². The van der Waals surface area contributed by atoms with Crippen LogP contribution in [0.1, 0.15) is 42.7 Å². The molecule has 3 saturated carbocycles. The number of carboxylic acids is 1. The molecule has 6 rings (SSSR count). The fourth-order valence-corrected chi connectivity index (χ4v) is 5.93. The van der Waals surface area contributed by atoms with E-state index in [1.165, 1.54) is 0 Å². The van der Waals surface area contributed by atoms with Crippen molar-refractivity contribution in [1.82, 2.24) is 5.32 Å². The van der Waals surface area contributed by atoms with Crippen molar-refractivity contribution >= 4 is 12.1 Å². The molecule has 2 aromatic rings. The van der Waals surface area contributed by atoms with E-state index < -0.39 is 35.1 Å². The normalized spacial score (nSPS) is 26.2. The molecule has 1 amide bonds. The molecule has 0 unspecified atom stereocenters. The first-order valence-electron chi connectivity index (χ1n) is 10.5. The molecule has 0 aromatic heterocycles. The van der Waals surface area contributed by atoms with Crippen LogP contribution in [-0.2, 0) is 9.53 Å². The number of aliphatic carboxylic acids is 1. The third-order valence-corrected chi connectivity index (χ3v) is 7.31. The predicted molar refractivity (Wildman–Crippen MR) is 109 cm³/mol. The summed E-state index contributed by atoms with van der Waals surface area (Å²) in [5, 5.41) is 11.8. The summed E-state index contributed by atoms with van der Waals surface area (Å²) in [6.07, 6.45) is -5.37.